The van der Waals surface area contributed by atoms with Crippen LogP contribution in [-0.4, -0.2) is 59.1 Å². The van der Waals surface area contributed by atoms with Gasteiger partial charge >= 0.3 is 0 Å². The van der Waals surface area contributed by atoms with Gasteiger partial charge in [0.1, 0.15) is 5.75 Å². The van der Waals surface area contributed by atoms with Gasteiger partial charge in [-0.05, 0) is 36.4 Å². The Morgan fingerprint density at radius 1 is 1.00 bits per heavy atom. The lowest BCUT2D eigenvalue weighted by atomic mass is 10.2. The zero-order valence-electron chi connectivity index (χ0n) is 20.4. The lowest BCUT2D eigenvalue weighted by Gasteiger charge is -2.11. The summed E-state index contributed by atoms with van der Waals surface area (Å²) in [5, 5.41) is 23.3. The minimum atomic E-state index is -0.329. The summed E-state index contributed by atoms with van der Waals surface area (Å²) in [6.45, 7) is 0. The molecular formula is C26H25N5O5S. The van der Waals surface area contributed by atoms with Gasteiger partial charge in [0.25, 0.3) is 5.91 Å². The first-order valence-corrected chi connectivity index (χ1v) is 12.1. The third-order valence-corrected chi connectivity index (χ3v) is 6.16. The van der Waals surface area contributed by atoms with Crippen molar-refractivity contribution in [2.24, 2.45) is 5.10 Å². The molecule has 1 amide bonds. The van der Waals surface area contributed by atoms with E-state index in [0.29, 0.717) is 16.5 Å². The van der Waals surface area contributed by atoms with Crippen LogP contribution < -0.4 is 19.6 Å². The van der Waals surface area contributed by atoms with E-state index >= 15 is 0 Å². The van der Waals surface area contributed by atoms with Crippen LogP contribution in [0, 0.1) is 0 Å². The zero-order valence-corrected chi connectivity index (χ0v) is 21.2. The van der Waals surface area contributed by atoms with E-state index < -0.39 is 0 Å². The Morgan fingerprint density at radius 2 is 1.68 bits per heavy atom. The van der Waals surface area contributed by atoms with Crippen LogP contribution in [0.25, 0.3) is 17.1 Å². The molecular weight excluding hydrogens is 494 g/mol. The van der Waals surface area contributed by atoms with Crippen molar-refractivity contribution in [3.05, 3.63) is 72.3 Å². The minimum absolute atomic E-state index is 0.0582. The third-order valence-electron chi connectivity index (χ3n) is 5.23. The molecule has 0 aliphatic rings. The number of hydrogen-bond acceptors (Lipinski definition) is 9. The maximum absolute atomic E-state index is 12.5. The number of aromatic hydroxyl groups is 1. The predicted molar refractivity (Wildman–Crippen MR) is 141 cm³/mol. The summed E-state index contributed by atoms with van der Waals surface area (Å²) in [7, 11) is 4.48. The summed E-state index contributed by atoms with van der Waals surface area (Å²) in [6, 6.07) is 20.4. The molecule has 0 aliphatic carbocycles. The van der Waals surface area contributed by atoms with Crippen LogP contribution in [0.5, 0.6) is 23.0 Å². The Labute approximate surface area is 217 Å². The summed E-state index contributed by atoms with van der Waals surface area (Å²) in [5.74, 6) is 1.46. The number of rotatable bonds is 10. The molecule has 1 aromatic heterocycles. The molecule has 0 unspecified atom stereocenters. The number of phenolic OH excluding ortho intramolecular Hbond substituents is 1. The van der Waals surface area contributed by atoms with Crippen LogP contribution in [0.15, 0.2) is 77.0 Å². The van der Waals surface area contributed by atoms with E-state index in [1.54, 1.807) is 19.2 Å². The lowest BCUT2D eigenvalue weighted by molar-refractivity contribution is -0.118. The highest BCUT2D eigenvalue weighted by molar-refractivity contribution is 7.99. The number of carbonyl (C=O) groups excluding carboxylic acids is 1. The molecule has 0 saturated carbocycles. The maximum Gasteiger partial charge on any atom is 0.250 e. The van der Waals surface area contributed by atoms with E-state index in [2.05, 4.69) is 20.7 Å². The molecule has 0 atom stereocenters. The van der Waals surface area contributed by atoms with Gasteiger partial charge in [0, 0.05) is 16.8 Å². The second kappa shape index (κ2) is 12.0. The van der Waals surface area contributed by atoms with Crippen molar-refractivity contribution in [2.75, 3.05) is 27.1 Å². The molecule has 37 heavy (non-hydrogen) atoms. The molecule has 2 N–H and O–H groups in total. The normalized spacial score (nSPS) is 10.9. The summed E-state index contributed by atoms with van der Waals surface area (Å²) in [5.41, 5.74) is 4.80. The Balaban J connectivity index is 1.49. The lowest BCUT2D eigenvalue weighted by Crippen LogP contribution is -2.20. The Hall–Kier alpha value is -4.51. The number of ether oxygens (including phenoxy) is 3. The maximum atomic E-state index is 12.5. The number of aromatic nitrogens is 3. The number of benzene rings is 3. The zero-order chi connectivity index (χ0) is 26.2. The number of methoxy groups -OCH3 is 3. The van der Waals surface area contributed by atoms with Crippen molar-refractivity contribution in [3.63, 3.8) is 0 Å². The summed E-state index contributed by atoms with van der Waals surface area (Å²) in [6.07, 6.45) is 1.43. The smallest absolute Gasteiger partial charge is 0.250 e. The second-order valence-corrected chi connectivity index (χ2v) is 8.50. The molecule has 190 valence electrons. The topological polar surface area (TPSA) is 120 Å². The average molecular weight is 520 g/mol. The van der Waals surface area contributed by atoms with Crippen molar-refractivity contribution in [1.82, 2.24) is 20.2 Å². The number of nitrogens with one attached hydrogen (secondary N) is 1. The molecule has 4 aromatic rings. The quantitative estimate of drug-likeness (QED) is 0.184. The van der Waals surface area contributed by atoms with Crippen LogP contribution in [-0.2, 0) is 4.79 Å². The van der Waals surface area contributed by atoms with E-state index in [0.717, 1.165) is 17.0 Å². The number of hydrogen-bond donors (Lipinski definition) is 2. The van der Waals surface area contributed by atoms with Gasteiger partial charge in [0.15, 0.2) is 22.5 Å². The number of thioether (sulfide) groups is 1. The van der Waals surface area contributed by atoms with Crippen LogP contribution >= 0.6 is 11.8 Å². The van der Waals surface area contributed by atoms with Gasteiger partial charge < -0.3 is 19.3 Å². The Bertz CT molecular complexity index is 1370. The predicted octanol–water partition coefficient (Wildman–Crippen LogP) is 3.91. The highest BCUT2D eigenvalue weighted by Gasteiger charge is 2.17. The number of hydrazone groups is 1. The average Bonchev–Trinajstić information content (AvgIpc) is 3.37. The first kappa shape index (κ1) is 25.6. The van der Waals surface area contributed by atoms with Crippen molar-refractivity contribution in [1.29, 1.82) is 0 Å². The number of carbonyl (C=O) groups is 1. The Morgan fingerprint density at radius 3 is 2.30 bits per heavy atom. The molecule has 0 saturated heterocycles. The van der Waals surface area contributed by atoms with Gasteiger partial charge in [-0.1, -0.05) is 42.1 Å². The summed E-state index contributed by atoms with van der Waals surface area (Å²) >= 11 is 1.23. The van der Waals surface area contributed by atoms with E-state index in [9.17, 15) is 9.90 Å². The highest BCUT2D eigenvalue weighted by Crippen LogP contribution is 2.36. The first-order chi connectivity index (χ1) is 18.0. The Kier molecular flexibility index (Phi) is 8.26. The fraction of sp³-hybridized carbons (Fsp3) is 0.154. The first-order valence-electron chi connectivity index (χ1n) is 11.1. The van der Waals surface area contributed by atoms with Gasteiger partial charge in [0.05, 0.1) is 33.3 Å². The number of nitrogens with zero attached hydrogens (tertiary/aromatic N) is 4. The van der Waals surface area contributed by atoms with Crippen molar-refractivity contribution in [2.45, 2.75) is 5.16 Å². The van der Waals surface area contributed by atoms with Crippen LogP contribution in [0.1, 0.15) is 5.56 Å². The van der Waals surface area contributed by atoms with E-state index in [4.69, 9.17) is 14.2 Å². The van der Waals surface area contributed by atoms with Gasteiger partial charge in [-0.3, -0.25) is 9.36 Å². The monoisotopic (exact) mass is 519 g/mol. The van der Waals surface area contributed by atoms with Crippen LogP contribution in [0.2, 0.25) is 0 Å². The van der Waals surface area contributed by atoms with E-state index in [1.807, 2.05) is 59.2 Å². The molecule has 0 bridgehead atoms. The van der Waals surface area contributed by atoms with Crippen LogP contribution in [0.4, 0.5) is 0 Å². The van der Waals surface area contributed by atoms with Crippen molar-refractivity contribution in [3.8, 4) is 40.1 Å². The molecule has 4 rings (SSSR count). The molecule has 3 aromatic carbocycles. The van der Waals surface area contributed by atoms with Gasteiger partial charge in [-0.2, -0.15) is 5.10 Å². The molecule has 11 heteroatoms. The molecule has 0 spiro atoms. The second-order valence-electron chi connectivity index (χ2n) is 7.56. The fourth-order valence-corrected chi connectivity index (χ4v) is 4.18. The molecule has 0 radical (unpaired) electrons. The van der Waals surface area contributed by atoms with Gasteiger partial charge in [-0.25, -0.2) is 5.43 Å². The standard InChI is InChI=1S/C26H25N5O5S/c1-34-20-11-9-19(10-12-20)31-25(18-7-5-4-6-8-18)29-30-26(31)37-16-23(32)28-27-15-17-13-21(35-2)24(33)22(14-17)36-3/h4-15,33H,16H2,1-3H3,(H,28,32)/b27-15+. The summed E-state index contributed by atoms with van der Waals surface area (Å²) < 4.78 is 17.4. The van der Waals surface area contributed by atoms with Crippen LogP contribution in [0.3, 0.4) is 0 Å². The van der Waals surface area contributed by atoms with E-state index in [1.165, 1.54) is 32.2 Å². The van der Waals surface area contributed by atoms with Gasteiger partial charge in [0.2, 0.25) is 5.75 Å². The van der Waals surface area contributed by atoms with Crippen molar-refractivity contribution >= 4 is 23.9 Å². The van der Waals surface area contributed by atoms with Gasteiger partial charge in [-0.15, -0.1) is 10.2 Å². The molecule has 1 heterocycles. The SMILES string of the molecule is COc1ccc(-n2c(SCC(=O)N/N=C/c3cc(OC)c(O)c(OC)c3)nnc2-c2ccccc2)cc1. The molecule has 0 aliphatic heterocycles. The van der Waals surface area contributed by atoms with Crippen molar-refractivity contribution < 1.29 is 24.1 Å². The highest BCUT2D eigenvalue weighted by atomic mass is 32.2. The summed E-state index contributed by atoms with van der Waals surface area (Å²) in [4.78, 5) is 12.5. The molecule has 10 nitrogen and oxygen atoms in total. The minimum Gasteiger partial charge on any atom is -0.502 e. The number of amides is 1. The number of phenols is 1. The van der Waals surface area contributed by atoms with E-state index in [-0.39, 0.29) is 28.9 Å². The molecule has 0 fully saturated rings. The third kappa shape index (κ3) is 6.01. The largest absolute Gasteiger partial charge is 0.502 e. The fourth-order valence-electron chi connectivity index (χ4n) is 3.43.